The molecule has 0 atom stereocenters. The van der Waals surface area contributed by atoms with Crippen molar-refractivity contribution in [1.29, 1.82) is 0 Å². The van der Waals surface area contributed by atoms with Gasteiger partial charge in [-0.05, 0) is 47.9 Å². The molecule has 0 saturated heterocycles. The number of fused-ring (bicyclic) bond motifs is 1. The van der Waals surface area contributed by atoms with Gasteiger partial charge in [-0.1, -0.05) is 6.07 Å². The van der Waals surface area contributed by atoms with Gasteiger partial charge < -0.3 is 10.2 Å². The van der Waals surface area contributed by atoms with Crippen LogP contribution in [-0.4, -0.2) is 67.8 Å². The Balaban J connectivity index is 1.98. The van der Waals surface area contributed by atoms with Crippen molar-refractivity contribution < 1.29 is 49.4 Å². The molecule has 0 spiro atoms. The highest BCUT2D eigenvalue weighted by Gasteiger charge is 2.23. The Bertz CT molecular complexity index is 1720. The minimum absolute atomic E-state index is 0.0270. The van der Waals surface area contributed by atoms with Crippen LogP contribution in [0.2, 0.25) is 0 Å². The van der Waals surface area contributed by atoms with Crippen LogP contribution in [-0.2, 0) is 34.9 Å². The number of hydrogen-bond donors (Lipinski definition) is 4. The molecule has 3 rings (SSSR count). The normalized spacial score (nSPS) is 12.8. The Morgan fingerprint density at radius 3 is 2.03 bits per heavy atom. The smallest absolute Gasteiger partial charge is 0.313 e. The second-order valence-corrected chi connectivity index (χ2v) is 13.4. The maximum Gasteiger partial charge on any atom is 0.313 e. The van der Waals surface area contributed by atoms with Crippen molar-refractivity contribution in [3.8, 4) is 5.75 Å². The van der Waals surface area contributed by atoms with E-state index in [1.807, 2.05) is 0 Å². The molecule has 0 aliphatic rings. The Morgan fingerprint density at radius 1 is 0.838 bits per heavy atom. The number of phenols is 1. The first kappa shape index (κ1) is 28.5. The molecular formula is C20H18N2O11S4. The number of carboxylic acid groups (broad SMARTS) is 1. The van der Waals surface area contributed by atoms with Crippen molar-refractivity contribution in [3.05, 3.63) is 48.5 Å². The summed E-state index contributed by atoms with van der Waals surface area (Å²) in [6, 6.07) is 8.85. The molecule has 0 aliphatic carbocycles. The lowest BCUT2D eigenvalue weighted by molar-refractivity contribution is -0.133. The Labute approximate surface area is 215 Å². The summed E-state index contributed by atoms with van der Waals surface area (Å²) in [4.78, 5) is 8.92. The van der Waals surface area contributed by atoms with E-state index in [9.17, 15) is 44.3 Å². The van der Waals surface area contributed by atoms with E-state index in [0.717, 1.165) is 36.0 Å². The van der Waals surface area contributed by atoms with Crippen molar-refractivity contribution >= 4 is 70.0 Å². The summed E-state index contributed by atoms with van der Waals surface area (Å²) in [5.41, 5.74) is -0.349. The van der Waals surface area contributed by atoms with E-state index in [1.54, 1.807) is 0 Å². The summed E-state index contributed by atoms with van der Waals surface area (Å²) in [7, 11) is -13.3. The number of azo groups is 1. The fourth-order valence-corrected chi connectivity index (χ4v) is 6.65. The van der Waals surface area contributed by atoms with Gasteiger partial charge in [-0.15, -0.1) is 16.9 Å². The molecule has 0 aliphatic heterocycles. The predicted octanol–water partition coefficient (Wildman–Crippen LogP) is 3.05. The zero-order valence-electron chi connectivity index (χ0n) is 18.4. The molecule has 198 valence electrons. The van der Waals surface area contributed by atoms with E-state index in [2.05, 4.69) is 10.2 Å². The van der Waals surface area contributed by atoms with E-state index in [0.29, 0.717) is 0 Å². The summed E-state index contributed by atoms with van der Waals surface area (Å²) >= 11 is 0.955. The van der Waals surface area contributed by atoms with Gasteiger partial charge in [-0.2, -0.15) is 21.9 Å². The van der Waals surface area contributed by atoms with Gasteiger partial charge in [-0.25, -0.2) is 8.42 Å². The fraction of sp³-hybridized carbons (Fsp3) is 0.150. The van der Waals surface area contributed by atoms with Crippen molar-refractivity contribution in [2.75, 3.05) is 17.3 Å². The van der Waals surface area contributed by atoms with Crippen LogP contribution in [0, 0.1) is 0 Å². The Hall–Kier alpha value is -3.09. The molecule has 3 aromatic carbocycles. The van der Waals surface area contributed by atoms with Crippen molar-refractivity contribution in [1.82, 2.24) is 0 Å². The molecule has 0 saturated carbocycles. The number of rotatable bonds is 10. The van der Waals surface area contributed by atoms with Gasteiger partial charge >= 0.3 is 5.97 Å². The molecule has 13 nitrogen and oxygen atoms in total. The van der Waals surface area contributed by atoms with E-state index in [4.69, 9.17) is 5.11 Å². The van der Waals surface area contributed by atoms with Crippen LogP contribution in [0.25, 0.3) is 10.8 Å². The zero-order chi connectivity index (χ0) is 27.6. The highest BCUT2D eigenvalue weighted by atomic mass is 32.2. The van der Waals surface area contributed by atoms with Crippen LogP contribution in [0.1, 0.15) is 0 Å². The maximum atomic E-state index is 12.4. The topological polar surface area (TPSA) is 225 Å². The molecule has 0 unspecified atom stereocenters. The molecule has 37 heavy (non-hydrogen) atoms. The highest BCUT2D eigenvalue weighted by molar-refractivity contribution is 8.01. The number of phenolic OH excluding ortho intramolecular Hbond substituents is 1. The van der Waals surface area contributed by atoms with Crippen LogP contribution < -0.4 is 0 Å². The van der Waals surface area contributed by atoms with Gasteiger partial charge in [0.2, 0.25) is 0 Å². The summed E-state index contributed by atoms with van der Waals surface area (Å²) in [5, 5.41) is 26.6. The van der Waals surface area contributed by atoms with E-state index >= 15 is 0 Å². The SMILES string of the molecule is O=C(O)CSCCS(=O)(=O)c1ccc(N=Nc2c(O)c(S(=O)(=O)O)cc3cc(S(=O)(=O)O)ccc23)cc1. The third kappa shape index (κ3) is 7.02. The van der Waals surface area contributed by atoms with E-state index in [-0.39, 0.29) is 38.6 Å². The van der Waals surface area contributed by atoms with Gasteiger partial charge in [-0.3, -0.25) is 13.9 Å². The third-order valence-corrected chi connectivity index (χ3v) is 9.43. The lowest BCUT2D eigenvalue weighted by Crippen LogP contribution is -2.10. The number of carboxylic acids is 1. The molecule has 0 radical (unpaired) electrons. The fourth-order valence-electron chi connectivity index (χ4n) is 3.06. The first-order valence-electron chi connectivity index (χ1n) is 9.88. The van der Waals surface area contributed by atoms with Gasteiger partial charge in [0.1, 0.15) is 10.6 Å². The molecule has 0 bridgehead atoms. The minimum Gasteiger partial charge on any atom is -0.504 e. The number of carbonyl (C=O) groups is 1. The lowest BCUT2D eigenvalue weighted by atomic mass is 10.1. The largest absolute Gasteiger partial charge is 0.504 e. The number of aliphatic carboxylic acids is 1. The molecule has 0 heterocycles. The second-order valence-electron chi connectivity index (χ2n) is 7.36. The molecule has 0 fully saturated rings. The Morgan fingerprint density at radius 2 is 1.46 bits per heavy atom. The lowest BCUT2D eigenvalue weighted by Gasteiger charge is -2.09. The number of aromatic hydroxyl groups is 1. The van der Waals surface area contributed by atoms with E-state index in [1.165, 1.54) is 24.3 Å². The van der Waals surface area contributed by atoms with Gasteiger partial charge in [0, 0.05) is 11.1 Å². The highest BCUT2D eigenvalue weighted by Crippen LogP contribution is 2.42. The second kappa shape index (κ2) is 10.7. The van der Waals surface area contributed by atoms with Crippen molar-refractivity contribution in [3.63, 3.8) is 0 Å². The van der Waals surface area contributed by atoms with Crippen LogP contribution in [0.15, 0.2) is 73.4 Å². The summed E-state index contributed by atoms with van der Waals surface area (Å²) in [5.74, 6) is -2.48. The number of thioether (sulfide) groups is 1. The molecule has 17 heteroatoms. The maximum absolute atomic E-state index is 12.4. The molecule has 3 aromatic rings. The van der Waals surface area contributed by atoms with Gasteiger partial charge in [0.25, 0.3) is 20.2 Å². The molecule has 4 N–H and O–H groups in total. The minimum atomic E-state index is -4.98. The third-order valence-electron chi connectivity index (χ3n) is 4.78. The zero-order valence-corrected chi connectivity index (χ0v) is 21.7. The number of sulfone groups is 1. The molecule has 0 aromatic heterocycles. The summed E-state index contributed by atoms with van der Waals surface area (Å²) in [6.07, 6.45) is 0. The first-order valence-corrected chi connectivity index (χ1v) is 15.6. The molecule has 0 amide bonds. The average molecular weight is 591 g/mol. The monoisotopic (exact) mass is 590 g/mol. The van der Waals surface area contributed by atoms with E-state index < -0.39 is 57.3 Å². The van der Waals surface area contributed by atoms with Gasteiger partial charge in [0.05, 0.1) is 27.0 Å². The Kier molecular flexibility index (Phi) is 8.25. The first-order chi connectivity index (χ1) is 17.1. The quantitative estimate of drug-likeness (QED) is 0.152. The van der Waals surface area contributed by atoms with Crippen LogP contribution in [0.3, 0.4) is 0 Å². The van der Waals surface area contributed by atoms with Crippen molar-refractivity contribution in [2.24, 2.45) is 10.2 Å². The van der Waals surface area contributed by atoms with Crippen LogP contribution in [0.5, 0.6) is 5.75 Å². The average Bonchev–Trinajstić information content (AvgIpc) is 2.79. The predicted molar refractivity (Wildman–Crippen MR) is 133 cm³/mol. The number of nitrogens with zero attached hydrogens (tertiary/aromatic N) is 2. The standard InChI is InChI=1S/C20H18N2O11S4/c23-18(24)11-34-7-8-35(26,27)14-3-1-13(2-4-14)21-22-19-16-6-5-15(36(28,29)30)9-12(16)10-17(20(19)25)37(31,32)33/h1-6,9-10,25H,7-8,11H2,(H,23,24)(H,28,29,30)(H,31,32,33). The van der Waals surface area contributed by atoms with Crippen molar-refractivity contribution in [2.45, 2.75) is 14.7 Å². The molecular weight excluding hydrogens is 572 g/mol. The van der Waals surface area contributed by atoms with Gasteiger partial charge in [0.15, 0.2) is 15.6 Å². The number of benzene rings is 3. The van der Waals surface area contributed by atoms with Crippen LogP contribution >= 0.6 is 11.8 Å². The number of hydrogen-bond acceptors (Lipinski definition) is 11. The summed E-state index contributed by atoms with van der Waals surface area (Å²) in [6.45, 7) is 0. The summed E-state index contributed by atoms with van der Waals surface area (Å²) < 4.78 is 89.9. The van der Waals surface area contributed by atoms with Crippen LogP contribution in [0.4, 0.5) is 11.4 Å².